The molecule has 0 radical (unpaired) electrons. The van der Waals surface area contributed by atoms with Crippen LogP contribution in [0, 0.1) is 6.92 Å². The summed E-state index contributed by atoms with van der Waals surface area (Å²) in [6.45, 7) is 3.64. The van der Waals surface area contributed by atoms with E-state index in [0.29, 0.717) is 12.0 Å². The Morgan fingerprint density at radius 2 is 2.29 bits per heavy atom. The van der Waals surface area contributed by atoms with E-state index in [9.17, 15) is 19.5 Å². The highest BCUT2D eigenvalue weighted by Gasteiger charge is 2.41. The molecule has 2 rings (SSSR count). The van der Waals surface area contributed by atoms with Crippen molar-refractivity contribution in [3.63, 3.8) is 0 Å². The van der Waals surface area contributed by atoms with Crippen LogP contribution in [0.15, 0.2) is 15.8 Å². The molecular weight excluding hydrogens is 280 g/mol. The van der Waals surface area contributed by atoms with Gasteiger partial charge in [0.05, 0.1) is 12.7 Å². The Labute approximate surface area is 120 Å². The van der Waals surface area contributed by atoms with Crippen LogP contribution in [-0.2, 0) is 14.3 Å². The molecule has 1 aliphatic heterocycles. The van der Waals surface area contributed by atoms with Crippen LogP contribution in [0.1, 0.15) is 31.6 Å². The Morgan fingerprint density at radius 3 is 2.95 bits per heavy atom. The first-order valence-corrected chi connectivity index (χ1v) is 6.76. The molecule has 3 atom stereocenters. The third-order valence-electron chi connectivity index (χ3n) is 3.23. The van der Waals surface area contributed by atoms with Gasteiger partial charge in [-0.25, -0.2) is 9.59 Å². The minimum Gasteiger partial charge on any atom is -0.464 e. The van der Waals surface area contributed by atoms with E-state index < -0.39 is 35.7 Å². The van der Waals surface area contributed by atoms with Crippen LogP contribution < -0.4 is 11.2 Å². The van der Waals surface area contributed by atoms with Crippen LogP contribution in [0.4, 0.5) is 0 Å². The predicted molar refractivity (Wildman–Crippen MR) is 71.8 cm³/mol. The Balaban J connectivity index is 2.18. The van der Waals surface area contributed by atoms with E-state index >= 15 is 0 Å². The molecule has 0 bridgehead atoms. The second kappa shape index (κ2) is 6.23. The molecule has 0 amide bonds. The van der Waals surface area contributed by atoms with Crippen molar-refractivity contribution in [2.45, 2.75) is 45.1 Å². The van der Waals surface area contributed by atoms with E-state index in [2.05, 4.69) is 4.98 Å². The van der Waals surface area contributed by atoms with Crippen LogP contribution in [0.5, 0.6) is 0 Å². The summed E-state index contributed by atoms with van der Waals surface area (Å²) < 4.78 is 11.5. The van der Waals surface area contributed by atoms with Gasteiger partial charge in [0.2, 0.25) is 0 Å². The number of nitrogens with one attached hydrogen (secondary N) is 1. The number of H-pyrrole nitrogens is 1. The first kappa shape index (κ1) is 15.5. The lowest BCUT2D eigenvalue weighted by molar-refractivity contribution is -0.162. The van der Waals surface area contributed by atoms with Gasteiger partial charge in [-0.2, -0.15) is 0 Å². The number of carbonyl (C=O) groups is 1. The second-order valence-electron chi connectivity index (χ2n) is 4.96. The molecule has 2 N–H and O–H groups in total. The maximum Gasteiger partial charge on any atom is 0.338 e. The molecule has 1 aromatic rings. The molecule has 8 heteroatoms. The number of nitrogens with zero attached hydrogens (tertiary/aromatic N) is 1. The Morgan fingerprint density at radius 1 is 1.57 bits per heavy atom. The molecule has 1 fully saturated rings. The Bertz CT molecular complexity index is 634. The summed E-state index contributed by atoms with van der Waals surface area (Å²) >= 11 is 0. The first-order valence-electron chi connectivity index (χ1n) is 6.76. The number of aromatic amines is 1. The molecule has 0 aromatic carbocycles. The minimum absolute atomic E-state index is 0.0667. The fourth-order valence-corrected chi connectivity index (χ4v) is 2.12. The third-order valence-corrected chi connectivity index (χ3v) is 3.23. The molecule has 1 aliphatic rings. The first-order chi connectivity index (χ1) is 9.93. The summed E-state index contributed by atoms with van der Waals surface area (Å²) in [5.74, 6) is -0.652. The lowest BCUT2D eigenvalue weighted by Gasteiger charge is -2.15. The average Bonchev–Trinajstić information content (AvgIpc) is 2.82. The monoisotopic (exact) mass is 298 g/mol. The van der Waals surface area contributed by atoms with Crippen molar-refractivity contribution in [1.82, 2.24) is 9.55 Å². The summed E-state index contributed by atoms with van der Waals surface area (Å²) in [5, 5.41) is 9.89. The molecule has 1 aromatic heterocycles. The maximum atomic E-state index is 11.8. The van der Waals surface area contributed by atoms with Crippen molar-refractivity contribution in [3.8, 4) is 0 Å². The zero-order chi connectivity index (χ0) is 15.6. The van der Waals surface area contributed by atoms with Gasteiger partial charge in [0, 0.05) is 18.2 Å². The van der Waals surface area contributed by atoms with Crippen molar-refractivity contribution in [3.05, 3.63) is 32.6 Å². The zero-order valence-electron chi connectivity index (χ0n) is 11.9. The standard InChI is InChI=1S/C13H18N2O6/c1-3-4-20-12(18)10-8(16)5-9(21-10)15-6-7(2)11(17)14-13(15)19/h6,8-10,16H,3-5H2,1-2H3,(H,14,17,19)/t8-,9+,10-/m0/s1. The van der Waals surface area contributed by atoms with E-state index in [1.54, 1.807) is 6.92 Å². The number of aromatic nitrogens is 2. The number of hydrogen-bond donors (Lipinski definition) is 2. The highest BCUT2D eigenvalue weighted by atomic mass is 16.6. The predicted octanol–water partition coefficient (Wildman–Crippen LogP) is -0.553. The van der Waals surface area contributed by atoms with E-state index in [0.717, 1.165) is 4.57 Å². The van der Waals surface area contributed by atoms with Crippen molar-refractivity contribution in [1.29, 1.82) is 0 Å². The number of aryl methyl sites for hydroxylation is 1. The molecular formula is C13H18N2O6. The maximum absolute atomic E-state index is 11.8. The third kappa shape index (κ3) is 3.22. The van der Waals surface area contributed by atoms with E-state index in [1.165, 1.54) is 6.20 Å². The number of hydrogen-bond acceptors (Lipinski definition) is 6. The fraction of sp³-hybridized carbons (Fsp3) is 0.615. The number of ether oxygens (including phenoxy) is 2. The minimum atomic E-state index is -1.12. The topological polar surface area (TPSA) is 111 Å². The number of esters is 1. The van der Waals surface area contributed by atoms with Gasteiger partial charge in [0.15, 0.2) is 6.10 Å². The summed E-state index contributed by atoms with van der Waals surface area (Å²) in [5.41, 5.74) is -0.788. The van der Waals surface area contributed by atoms with Crippen molar-refractivity contribution < 1.29 is 19.4 Å². The van der Waals surface area contributed by atoms with Gasteiger partial charge < -0.3 is 14.6 Å². The molecule has 8 nitrogen and oxygen atoms in total. The van der Waals surface area contributed by atoms with Gasteiger partial charge in [-0.1, -0.05) is 6.92 Å². The average molecular weight is 298 g/mol. The molecule has 0 spiro atoms. The van der Waals surface area contributed by atoms with Gasteiger partial charge in [0.25, 0.3) is 5.56 Å². The fourth-order valence-electron chi connectivity index (χ4n) is 2.12. The summed E-state index contributed by atoms with van der Waals surface area (Å²) in [6, 6.07) is 0. The number of aliphatic hydroxyl groups excluding tert-OH is 1. The Kier molecular flexibility index (Phi) is 4.59. The lowest BCUT2D eigenvalue weighted by atomic mass is 10.2. The van der Waals surface area contributed by atoms with Crippen LogP contribution >= 0.6 is 0 Å². The molecule has 0 unspecified atom stereocenters. The molecule has 116 valence electrons. The summed E-state index contributed by atoms with van der Waals surface area (Å²) in [4.78, 5) is 37.0. The second-order valence-corrected chi connectivity index (χ2v) is 4.96. The Hall–Kier alpha value is -1.93. The van der Waals surface area contributed by atoms with Crippen molar-refractivity contribution in [2.24, 2.45) is 0 Å². The van der Waals surface area contributed by atoms with Crippen LogP contribution in [-0.4, -0.2) is 39.4 Å². The zero-order valence-corrected chi connectivity index (χ0v) is 11.9. The van der Waals surface area contributed by atoms with Gasteiger partial charge in [-0.05, 0) is 13.3 Å². The van der Waals surface area contributed by atoms with Crippen molar-refractivity contribution in [2.75, 3.05) is 6.61 Å². The van der Waals surface area contributed by atoms with Gasteiger partial charge >= 0.3 is 11.7 Å². The van der Waals surface area contributed by atoms with E-state index in [1.807, 2.05) is 6.92 Å². The van der Waals surface area contributed by atoms with Crippen LogP contribution in [0.2, 0.25) is 0 Å². The van der Waals surface area contributed by atoms with Gasteiger partial charge in [-0.15, -0.1) is 0 Å². The van der Waals surface area contributed by atoms with Gasteiger partial charge in [0.1, 0.15) is 6.23 Å². The van der Waals surface area contributed by atoms with Crippen LogP contribution in [0.25, 0.3) is 0 Å². The van der Waals surface area contributed by atoms with Crippen molar-refractivity contribution >= 4 is 5.97 Å². The van der Waals surface area contributed by atoms with E-state index in [4.69, 9.17) is 9.47 Å². The summed E-state index contributed by atoms with van der Waals surface area (Å²) in [6.07, 6.45) is -0.923. The normalized spacial score (nSPS) is 25.0. The van der Waals surface area contributed by atoms with E-state index in [-0.39, 0.29) is 13.0 Å². The number of carbonyl (C=O) groups excluding carboxylic acids is 1. The molecule has 21 heavy (non-hydrogen) atoms. The number of rotatable bonds is 4. The largest absolute Gasteiger partial charge is 0.464 e. The molecule has 0 aliphatic carbocycles. The molecule has 2 heterocycles. The quantitative estimate of drug-likeness (QED) is 0.721. The summed E-state index contributed by atoms with van der Waals surface area (Å²) in [7, 11) is 0. The van der Waals surface area contributed by atoms with Crippen LogP contribution in [0.3, 0.4) is 0 Å². The molecule has 0 saturated carbocycles. The highest BCUT2D eigenvalue weighted by Crippen LogP contribution is 2.28. The van der Waals surface area contributed by atoms with Gasteiger partial charge in [-0.3, -0.25) is 14.3 Å². The number of aliphatic hydroxyl groups is 1. The lowest BCUT2D eigenvalue weighted by Crippen LogP contribution is -2.34. The SMILES string of the molecule is CCCOC(=O)[C@H]1O[C@@H](n2cc(C)c(=O)[nH]c2=O)C[C@@H]1O. The molecule has 1 saturated heterocycles. The highest BCUT2D eigenvalue weighted by molar-refractivity contribution is 5.75. The smallest absolute Gasteiger partial charge is 0.338 e.